The number of rotatable bonds is 4. The predicted molar refractivity (Wildman–Crippen MR) is 86.9 cm³/mol. The number of hydrogen-bond acceptors (Lipinski definition) is 2. The van der Waals surface area contributed by atoms with Crippen molar-refractivity contribution in [2.45, 2.75) is 13.3 Å². The first kappa shape index (κ1) is 14.2. The van der Waals surface area contributed by atoms with Gasteiger partial charge in [-0.2, -0.15) is 0 Å². The molecule has 0 fully saturated rings. The Hall–Kier alpha value is -1.71. The normalized spacial score (nSPS) is 11.0. The van der Waals surface area contributed by atoms with Gasteiger partial charge in [0, 0.05) is 10.7 Å². The highest BCUT2D eigenvalue weighted by Crippen LogP contribution is 2.27. The quantitative estimate of drug-likeness (QED) is 0.667. The van der Waals surface area contributed by atoms with E-state index in [1.807, 2.05) is 41.0 Å². The van der Waals surface area contributed by atoms with Crippen LogP contribution < -0.4 is 4.74 Å². The van der Waals surface area contributed by atoms with Crippen molar-refractivity contribution >= 4 is 34.2 Å². The number of nitrogens with zero attached hydrogens (tertiary/aromatic N) is 2. The van der Waals surface area contributed by atoms with E-state index in [0.717, 1.165) is 28.9 Å². The second-order valence-corrected chi connectivity index (χ2v) is 5.47. The average molecular weight is 321 g/mol. The Morgan fingerprint density at radius 2 is 1.86 bits per heavy atom. The molecule has 0 N–H and O–H groups in total. The molecule has 0 atom stereocenters. The Bertz CT molecular complexity index is 766. The Balaban J connectivity index is 2.03. The zero-order chi connectivity index (χ0) is 14.8. The molecular formula is C16H14Cl2N2O. The predicted octanol–water partition coefficient (Wildman–Crippen LogP) is 5.12. The maximum absolute atomic E-state index is 6.26. The number of fused-ring (bicyclic) bond motifs is 1. The minimum Gasteiger partial charge on any atom is -0.494 e. The SMILES string of the molecule is CCCOc1ccc(-n2c(Cl)nc3ccc(Cl)cc32)cc1. The van der Waals surface area contributed by atoms with Gasteiger partial charge in [-0.3, -0.25) is 4.57 Å². The van der Waals surface area contributed by atoms with Gasteiger partial charge in [-0.25, -0.2) is 4.98 Å². The van der Waals surface area contributed by atoms with Gasteiger partial charge in [0.1, 0.15) is 5.75 Å². The summed E-state index contributed by atoms with van der Waals surface area (Å²) in [7, 11) is 0. The molecule has 21 heavy (non-hydrogen) atoms. The zero-order valence-electron chi connectivity index (χ0n) is 11.5. The lowest BCUT2D eigenvalue weighted by Crippen LogP contribution is -1.97. The molecule has 0 spiro atoms. The zero-order valence-corrected chi connectivity index (χ0v) is 13.0. The monoisotopic (exact) mass is 320 g/mol. The van der Waals surface area contributed by atoms with Gasteiger partial charge in [-0.1, -0.05) is 18.5 Å². The van der Waals surface area contributed by atoms with Gasteiger partial charge in [-0.05, 0) is 60.5 Å². The first-order chi connectivity index (χ1) is 10.2. The molecule has 0 amide bonds. The van der Waals surface area contributed by atoms with Crippen LogP contribution in [-0.4, -0.2) is 16.2 Å². The summed E-state index contributed by atoms with van der Waals surface area (Å²) in [6, 6.07) is 13.3. The van der Waals surface area contributed by atoms with E-state index >= 15 is 0 Å². The van der Waals surface area contributed by atoms with Gasteiger partial charge in [-0.15, -0.1) is 0 Å². The fraction of sp³-hybridized carbons (Fsp3) is 0.188. The van der Waals surface area contributed by atoms with Crippen LogP contribution in [0.4, 0.5) is 0 Å². The van der Waals surface area contributed by atoms with Crippen molar-refractivity contribution in [3.63, 3.8) is 0 Å². The third-order valence-electron chi connectivity index (χ3n) is 3.14. The molecule has 1 heterocycles. The Morgan fingerprint density at radius 1 is 1.10 bits per heavy atom. The Kier molecular flexibility index (Phi) is 4.04. The van der Waals surface area contributed by atoms with E-state index < -0.39 is 0 Å². The lowest BCUT2D eigenvalue weighted by molar-refractivity contribution is 0.317. The van der Waals surface area contributed by atoms with Crippen molar-refractivity contribution in [2.75, 3.05) is 6.61 Å². The molecule has 3 rings (SSSR count). The Labute approximate surface area is 133 Å². The lowest BCUT2D eigenvalue weighted by atomic mass is 10.2. The van der Waals surface area contributed by atoms with Crippen LogP contribution in [0.15, 0.2) is 42.5 Å². The van der Waals surface area contributed by atoms with E-state index in [-0.39, 0.29) is 0 Å². The van der Waals surface area contributed by atoms with Crippen molar-refractivity contribution in [3.05, 3.63) is 52.8 Å². The molecule has 1 aromatic heterocycles. The molecule has 2 aromatic carbocycles. The molecule has 0 aliphatic carbocycles. The Morgan fingerprint density at radius 3 is 2.57 bits per heavy atom. The van der Waals surface area contributed by atoms with E-state index in [4.69, 9.17) is 27.9 Å². The van der Waals surface area contributed by atoms with E-state index in [1.165, 1.54) is 0 Å². The van der Waals surface area contributed by atoms with Crippen LogP contribution in [0.3, 0.4) is 0 Å². The van der Waals surface area contributed by atoms with Crippen molar-refractivity contribution < 1.29 is 4.74 Å². The summed E-state index contributed by atoms with van der Waals surface area (Å²) in [5, 5.41) is 1.07. The number of aromatic nitrogens is 2. The average Bonchev–Trinajstić information content (AvgIpc) is 2.81. The molecule has 3 aromatic rings. The lowest BCUT2D eigenvalue weighted by Gasteiger charge is -2.08. The highest BCUT2D eigenvalue weighted by atomic mass is 35.5. The second kappa shape index (κ2) is 5.96. The number of imidazole rings is 1. The topological polar surface area (TPSA) is 27.1 Å². The van der Waals surface area contributed by atoms with Crippen LogP contribution >= 0.6 is 23.2 Å². The number of ether oxygens (including phenoxy) is 1. The van der Waals surface area contributed by atoms with E-state index in [2.05, 4.69) is 11.9 Å². The third kappa shape index (κ3) is 2.85. The first-order valence-electron chi connectivity index (χ1n) is 6.76. The van der Waals surface area contributed by atoms with E-state index in [1.54, 1.807) is 6.07 Å². The highest BCUT2D eigenvalue weighted by Gasteiger charge is 2.11. The minimum atomic E-state index is 0.412. The van der Waals surface area contributed by atoms with Crippen LogP contribution in [-0.2, 0) is 0 Å². The van der Waals surface area contributed by atoms with Gasteiger partial charge in [0.05, 0.1) is 17.6 Å². The maximum atomic E-state index is 6.26. The molecule has 5 heteroatoms. The summed E-state index contributed by atoms with van der Waals surface area (Å²) in [5.74, 6) is 0.846. The smallest absolute Gasteiger partial charge is 0.208 e. The molecule has 0 aliphatic rings. The van der Waals surface area contributed by atoms with Crippen LogP contribution in [0.1, 0.15) is 13.3 Å². The number of hydrogen-bond donors (Lipinski definition) is 0. The fourth-order valence-corrected chi connectivity index (χ4v) is 2.62. The summed E-state index contributed by atoms with van der Waals surface area (Å²) in [5.41, 5.74) is 2.62. The van der Waals surface area contributed by atoms with Gasteiger partial charge >= 0.3 is 0 Å². The van der Waals surface area contributed by atoms with Crippen molar-refractivity contribution in [1.29, 1.82) is 0 Å². The molecule has 0 aliphatic heterocycles. The number of halogens is 2. The maximum Gasteiger partial charge on any atom is 0.208 e. The largest absolute Gasteiger partial charge is 0.494 e. The van der Waals surface area contributed by atoms with Crippen LogP contribution in [0.25, 0.3) is 16.7 Å². The van der Waals surface area contributed by atoms with Crippen molar-refractivity contribution in [3.8, 4) is 11.4 Å². The van der Waals surface area contributed by atoms with Crippen LogP contribution in [0, 0.1) is 0 Å². The molecule has 0 saturated carbocycles. The highest BCUT2D eigenvalue weighted by molar-refractivity contribution is 6.32. The standard InChI is InChI=1S/C16H14Cl2N2O/c1-2-9-21-13-6-4-12(5-7-13)20-15-10-11(17)3-8-14(15)19-16(20)18/h3-8,10H,2,9H2,1H3. The van der Waals surface area contributed by atoms with Crippen molar-refractivity contribution in [2.24, 2.45) is 0 Å². The third-order valence-corrected chi connectivity index (χ3v) is 3.63. The summed E-state index contributed by atoms with van der Waals surface area (Å²) in [6.45, 7) is 2.79. The molecule has 0 unspecified atom stereocenters. The van der Waals surface area contributed by atoms with E-state index in [0.29, 0.717) is 16.9 Å². The molecule has 0 radical (unpaired) electrons. The first-order valence-corrected chi connectivity index (χ1v) is 7.51. The van der Waals surface area contributed by atoms with Crippen LogP contribution in [0.5, 0.6) is 5.75 Å². The van der Waals surface area contributed by atoms with E-state index in [9.17, 15) is 0 Å². The molecule has 3 nitrogen and oxygen atoms in total. The van der Waals surface area contributed by atoms with Crippen molar-refractivity contribution in [1.82, 2.24) is 9.55 Å². The summed E-state index contributed by atoms with van der Waals surface area (Å²) in [6.07, 6.45) is 0.984. The molecule has 0 saturated heterocycles. The van der Waals surface area contributed by atoms with Gasteiger partial charge in [0.2, 0.25) is 5.28 Å². The minimum absolute atomic E-state index is 0.412. The second-order valence-electron chi connectivity index (χ2n) is 4.69. The summed E-state index contributed by atoms with van der Waals surface area (Å²) in [4.78, 5) is 4.34. The molecular weight excluding hydrogens is 307 g/mol. The van der Waals surface area contributed by atoms with Gasteiger partial charge in [0.25, 0.3) is 0 Å². The fourth-order valence-electron chi connectivity index (χ4n) is 2.18. The molecule has 108 valence electrons. The number of benzene rings is 2. The summed E-state index contributed by atoms with van der Waals surface area (Å²) < 4.78 is 7.45. The molecule has 0 bridgehead atoms. The van der Waals surface area contributed by atoms with Gasteiger partial charge in [0.15, 0.2) is 0 Å². The summed E-state index contributed by atoms with van der Waals surface area (Å²) >= 11 is 12.3. The van der Waals surface area contributed by atoms with Gasteiger partial charge < -0.3 is 4.74 Å². The van der Waals surface area contributed by atoms with Crippen LogP contribution in [0.2, 0.25) is 10.3 Å².